The van der Waals surface area contributed by atoms with E-state index in [-0.39, 0.29) is 18.0 Å². The van der Waals surface area contributed by atoms with Gasteiger partial charge in [0.25, 0.3) is 0 Å². The number of Topliss-reactive ketones (excluding diaryl/α,β-unsaturated/α-hetero) is 1. The van der Waals surface area contributed by atoms with E-state index in [1.807, 2.05) is 30.3 Å². The summed E-state index contributed by atoms with van der Waals surface area (Å²) in [6.07, 6.45) is 0.755. The second-order valence-corrected chi connectivity index (χ2v) is 5.34. The monoisotopic (exact) mass is 352 g/mol. The fourth-order valence-corrected chi connectivity index (χ4v) is 2.28. The predicted octanol–water partition coefficient (Wildman–Crippen LogP) is 3.27. The molecular weight excluding hydrogens is 336 g/mol. The molecule has 26 heavy (non-hydrogen) atoms. The van der Waals surface area contributed by atoms with Crippen molar-refractivity contribution in [3.05, 3.63) is 72.1 Å². The van der Waals surface area contributed by atoms with Crippen LogP contribution in [0.15, 0.2) is 65.3 Å². The molecule has 0 saturated heterocycles. The van der Waals surface area contributed by atoms with Crippen molar-refractivity contribution in [2.45, 2.75) is 6.61 Å². The number of carbonyl (C=O) groups excluding carboxylic acids is 2. The quantitative estimate of drug-likeness (QED) is 0.660. The molecule has 7 nitrogen and oxygen atoms in total. The number of amides is 1. The second-order valence-electron chi connectivity index (χ2n) is 5.34. The molecule has 0 aliphatic heterocycles. The van der Waals surface area contributed by atoms with E-state index in [2.05, 4.69) is 10.3 Å². The SMILES string of the molecule is O=C(Nc1ccc(-c2ccco2)nc1C(=O)CO)OCc1ccccc1. The zero-order chi connectivity index (χ0) is 18.4. The first-order valence-corrected chi connectivity index (χ1v) is 7.84. The van der Waals surface area contributed by atoms with Crippen LogP contribution in [0.4, 0.5) is 10.5 Å². The van der Waals surface area contributed by atoms with E-state index in [9.17, 15) is 9.59 Å². The zero-order valence-electron chi connectivity index (χ0n) is 13.7. The van der Waals surface area contributed by atoms with Gasteiger partial charge in [0.15, 0.2) is 5.76 Å². The zero-order valence-corrected chi connectivity index (χ0v) is 13.7. The molecule has 0 unspecified atom stereocenters. The van der Waals surface area contributed by atoms with E-state index >= 15 is 0 Å². The first kappa shape index (κ1) is 17.4. The van der Waals surface area contributed by atoms with Crippen LogP contribution < -0.4 is 5.32 Å². The number of hydrogen-bond donors (Lipinski definition) is 2. The van der Waals surface area contributed by atoms with Crippen molar-refractivity contribution < 1.29 is 23.8 Å². The van der Waals surface area contributed by atoms with Crippen molar-refractivity contribution >= 4 is 17.6 Å². The molecule has 0 saturated carbocycles. The Labute approximate surface area is 149 Å². The third-order valence-electron chi connectivity index (χ3n) is 3.53. The molecule has 132 valence electrons. The number of furan rings is 1. The van der Waals surface area contributed by atoms with Gasteiger partial charge in [-0.1, -0.05) is 30.3 Å². The van der Waals surface area contributed by atoms with Crippen molar-refractivity contribution in [3.8, 4) is 11.5 Å². The van der Waals surface area contributed by atoms with Crippen LogP contribution in [0.25, 0.3) is 11.5 Å². The van der Waals surface area contributed by atoms with E-state index in [1.165, 1.54) is 12.3 Å². The van der Waals surface area contributed by atoms with Crippen molar-refractivity contribution in [3.63, 3.8) is 0 Å². The number of nitrogens with zero attached hydrogens (tertiary/aromatic N) is 1. The Morgan fingerprint density at radius 1 is 1.08 bits per heavy atom. The molecule has 1 aromatic carbocycles. The lowest BCUT2D eigenvalue weighted by atomic mass is 10.2. The molecule has 0 fully saturated rings. The molecule has 2 N–H and O–H groups in total. The summed E-state index contributed by atoms with van der Waals surface area (Å²) in [5.41, 5.74) is 1.33. The average molecular weight is 352 g/mol. The molecule has 3 rings (SSSR count). The number of aliphatic hydroxyl groups excluding tert-OH is 1. The van der Waals surface area contributed by atoms with Crippen LogP contribution in [0.5, 0.6) is 0 Å². The first-order valence-electron chi connectivity index (χ1n) is 7.84. The van der Waals surface area contributed by atoms with E-state index in [0.717, 1.165) is 5.56 Å². The summed E-state index contributed by atoms with van der Waals surface area (Å²) in [6, 6.07) is 15.7. The van der Waals surface area contributed by atoms with Gasteiger partial charge >= 0.3 is 6.09 Å². The lowest BCUT2D eigenvalue weighted by Crippen LogP contribution is -2.18. The highest BCUT2D eigenvalue weighted by Gasteiger charge is 2.17. The van der Waals surface area contributed by atoms with Crippen molar-refractivity contribution in [2.75, 3.05) is 11.9 Å². The van der Waals surface area contributed by atoms with Gasteiger partial charge in [0.1, 0.15) is 24.6 Å². The number of hydrogen-bond acceptors (Lipinski definition) is 6. The maximum absolute atomic E-state index is 12.0. The molecule has 1 amide bonds. The van der Waals surface area contributed by atoms with Crippen LogP contribution in [0.1, 0.15) is 16.1 Å². The number of benzene rings is 1. The van der Waals surface area contributed by atoms with Gasteiger partial charge in [-0.25, -0.2) is 9.78 Å². The summed E-state index contributed by atoms with van der Waals surface area (Å²) in [5.74, 6) is -0.160. The van der Waals surface area contributed by atoms with Gasteiger partial charge in [-0.3, -0.25) is 10.1 Å². The Bertz CT molecular complexity index is 892. The summed E-state index contributed by atoms with van der Waals surface area (Å²) in [5, 5.41) is 11.6. The van der Waals surface area contributed by atoms with Crippen LogP contribution in [0, 0.1) is 0 Å². The molecule has 0 bridgehead atoms. The van der Waals surface area contributed by atoms with Gasteiger partial charge in [0, 0.05) is 0 Å². The Balaban J connectivity index is 1.75. The number of nitrogens with one attached hydrogen (secondary N) is 1. The van der Waals surface area contributed by atoms with Gasteiger partial charge in [-0.15, -0.1) is 0 Å². The smallest absolute Gasteiger partial charge is 0.412 e. The van der Waals surface area contributed by atoms with Crippen LogP contribution in [-0.2, 0) is 11.3 Å². The number of aromatic nitrogens is 1. The Morgan fingerprint density at radius 3 is 2.58 bits per heavy atom. The molecule has 0 atom stereocenters. The highest BCUT2D eigenvalue weighted by Crippen LogP contribution is 2.23. The lowest BCUT2D eigenvalue weighted by molar-refractivity contribution is 0.0899. The number of rotatable bonds is 6. The molecule has 0 aliphatic carbocycles. The summed E-state index contributed by atoms with van der Waals surface area (Å²) >= 11 is 0. The number of anilines is 1. The minimum atomic E-state index is -0.734. The van der Waals surface area contributed by atoms with Gasteiger partial charge in [-0.05, 0) is 29.8 Å². The van der Waals surface area contributed by atoms with E-state index in [1.54, 1.807) is 18.2 Å². The number of aliphatic hydroxyl groups is 1. The highest BCUT2D eigenvalue weighted by molar-refractivity contribution is 6.03. The standard InChI is InChI=1S/C19H16N2O5/c22-11-16(23)18-15(9-8-14(20-18)17-7-4-10-25-17)21-19(24)26-12-13-5-2-1-3-6-13/h1-10,22H,11-12H2,(H,21,24). The normalized spacial score (nSPS) is 10.3. The molecule has 0 spiro atoms. The third-order valence-corrected chi connectivity index (χ3v) is 3.53. The third kappa shape index (κ3) is 4.14. The predicted molar refractivity (Wildman–Crippen MR) is 93.6 cm³/mol. The summed E-state index contributed by atoms with van der Waals surface area (Å²) in [6.45, 7) is -0.643. The average Bonchev–Trinajstić information content (AvgIpc) is 3.21. The van der Waals surface area contributed by atoms with Crippen LogP contribution >= 0.6 is 0 Å². The maximum Gasteiger partial charge on any atom is 0.412 e. The van der Waals surface area contributed by atoms with Gasteiger partial charge in [0.05, 0.1) is 12.0 Å². The Morgan fingerprint density at radius 2 is 1.88 bits per heavy atom. The van der Waals surface area contributed by atoms with Gasteiger partial charge in [0.2, 0.25) is 5.78 Å². The number of ether oxygens (including phenoxy) is 1. The minimum Gasteiger partial charge on any atom is -0.463 e. The topological polar surface area (TPSA) is 102 Å². The van der Waals surface area contributed by atoms with Crippen molar-refractivity contribution in [2.24, 2.45) is 0 Å². The molecule has 0 aliphatic rings. The van der Waals surface area contributed by atoms with Crippen LogP contribution in [0.3, 0.4) is 0 Å². The second kappa shape index (κ2) is 8.09. The van der Waals surface area contributed by atoms with Gasteiger partial charge < -0.3 is 14.3 Å². The molecule has 2 aromatic heterocycles. The fraction of sp³-hybridized carbons (Fsp3) is 0.105. The fourth-order valence-electron chi connectivity index (χ4n) is 2.28. The summed E-state index contributed by atoms with van der Waals surface area (Å²) in [4.78, 5) is 28.2. The molecule has 3 aromatic rings. The molecular formula is C19H16N2O5. The minimum absolute atomic E-state index is 0.0712. The van der Waals surface area contributed by atoms with Gasteiger partial charge in [-0.2, -0.15) is 0 Å². The molecule has 0 radical (unpaired) electrons. The number of ketones is 1. The highest BCUT2D eigenvalue weighted by atomic mass is 16.5. The van der Waals surface area contributed by atoms with E-state index < -0.39 is 18.5 Å². The van der Waals surface area contributed by atoms with Crippen molar-refractivity contribution in [1.82, 2.24) is 4.98 Å². The van der Waals surface area contributed by atoms with E-state index in [4.69, 9.17) is 14.3 Å². The van der Waals surface area contributed by atoms with E-state index in [0.29, 0.717) is 11.5 Å². The Hall–Kier alpha value is -3.45. The van der Waals surface area contributed by atoms with Crippen LogP contribution in [-0.4, -0.2) is 28.6 Å². The lowest BCUT2D eigenvalue weighted by Gasteiger charge is -2.11. The molecule has 2 heterocycles. The first-order chi connectivity index (χ1) is 12.7. The maximum atomic E-state index is 12.0. The van der Waals surface area contributed by atoms with Crippen LogP contribution in [0.2, 0.25) is 0 Å². The van der Waals surface area contributed by atoms with Crippen molar-refractivity contribution in [1.29, 1.82) is 0 Å². The molecule has 7 heteroatoms. The largest absolute Gasteiger partial charge is 0.463 e. The number of carbonyl (C=O) groups is 2. The Kier molecular flexibility index (Phi) is 5.40. The number of pyridine rings is 1. The summed E-state index contributed by atoms with van der Waals surface area (Å²) in [7, 11) is 0. The summed E-state index contributed by atoms with van der Waals surface area (Å²) < 4.78 is 10.4.